The van der Waals surface area contributed by atoms with Gasteiger partial charge in [-0.3, -0.25) is 25.2 Å². The maximum absolute atomic E-state index is 12.7. The van der Waals surface area contributed by atoms with Gasteiger partial charge in [-0.25, -0.2) is 0 Å². The Morgan fingerprint density at radius 3 is 2.54 bits per heavy atom. The maximum atomic E-state index is 12.7. The fourth-order valence-electron chi connectivity index (χ4n) is 3.33. The number of anilines is 1. The van der Waals surface area contributed by atoms with Gasteiger partial charge in [0.2, 0.25) is 5.91 Å². The van der Waals surface area contributed by atoms with Crippen LogP contribution >= 0.6 is 11.6 Å². The Morgan fingerprint density at radius 1 is 1.04 bits per heavy atom. The van der Waals surface area contributed by atoms with E-state index in [1.165, 1.54) is 6.07 Å². The van der Waals surface area contributed by atoms with E-state index in [4.69, 9.17) is 11.6 Å². The molecule has 0 bridgehead atoms. The minimum Gasteiger partial charge on any atom is -0.360 e. The first-order valence-electron chi connectivity index (χ1n) is 8.81. The number of nitrogens with zero attached hydrogens (tertiary/aromatic N) is 1. The lowest BCUT2D eigenvalue weighted by Crippen LogP contribution is -2.42. The normalized spacial score (nSPS) is 13.8. The molecule has 4 rings (SSSR count). The molecule has 8 heteroatoms. The van der Waals surface area contributed by atoms with E-state index < -0.39 is 11.8 Å². The van der Waals surface area contributed by atoms with Gasteiger partial charge in [0.25, 0.3) is 11.8 Å². The smallest absolute Gasteiger partial charge is 0.271 e. The van der Waals surface area contributed by atoms with Crippen molar-refractivity contribution in [2.75, 3.05) is 11.4 Å². The Kier molecular flexibility index (Phi) is 4.75. The molecule has 1 saturated heterocycles. The highest BCUT2D eigenvalue weighted by Gasteiger charge is 2.26. The average molecular weight is 397 g/mol. The van der Waals surface area contributed by atoms with Crippen LogP contribution in [0.1, 0.15) is 33.6 Å². The summed E-state index contributed by atoms with van der Waals surface area (Å²) in [5.74, 6) is -1.03. The first kappa shape index (κ1) is 18.1. The van der Waals surface area contributed by atoms with Gasteiger partial charge in [-0.1, -0.05) is 29.8 Å². The zero-order valence-corrected chi connectivity index (χ0v) is 15.5. The Bertz CT molecular complexity index is 1090. The molecule has 2 heterocycles. The lowest BCUT2D eigenvalue weighted by molar-refractivity contribution is -0.117. The van der Waals surface area contributed by atoms with Gasteiger partial charge in [0.05, 0.1) is 16.8 Å². The van der Waals surface area contributed by atoms with Crippen LogP contribution in [-0.4, -0.2) is 29.3 Å². The van der Waals surface area contributed by atoms with Crippen molar-refractivity contribution in [2.45, 2.75) is 12.8 Å². The van der Waals surface area contributed by atoms with Crippen molar-refractivity contribution in [2.24, 2.45) is 0 Å². The maximum Gasteiger partial charge on any atom is 0.271 e. The van der Waals surface area contributed by atoms with Gasteiger partial charge < -0.3 is 9.88 Å². The first-order valence-corrected chi connectivity index (χ1v) is 9.19. The van der Waals surface area contributed by atoms with E-state index >= 15 is 0 Å². The second kappa shape index (κ2) is 7.36. The summed E-state index contributed by atoms with van der Waals surface area (Å²) in [7, 11) is 0. The molecule has 0 spiro atoms. The van der Waals surface area contributed by atoms with Gasteiger partial charge in [0, 0.05) is 35.1 Å². The third-order valence-electron chi connectivity index (χ3n) is 4.69. The number of para-hydroxylation sites is 1. The molecule has 3 N–H and O–H groups in total. The number of hydrogen-bond donors (Lipinski definition) is 3. The molecule has 1 aliphatic heterocycles. The summed E-state index contributed by atoms with van der Waals surface area (Å²) >= 11 is 6.06. The molecular formula is C20H17ClN4O3. The summed E-state index contributed by atoms with van der Waals surface area (Å²) in [6, 6.07) is 12.1. The number of H-pyrrole nitrogens is 1. The lowest BCUT2D eigenvalue weighted by Gasteiger charge is -2.19. The Morgan fingerprint density at radius 2 is 1.79 bits per heavy atom. The first-order chi connectivity index (χ1) is 13.5. The van der Waals surface area contributed by atoms with E-state index in [1.54, 1.807) is 23.2 Å². The third kappa shape index (κ3) is 3.32. The number of benzene rings is 2. The van der Waals surface area contributed by atoms with Crippen molar-refractivity contribution < 1.29 is 14.4 Å². The largest absolute Gasteiger partial charge is 0.360 e. The molecule has 28 heavy (non-hydrogen) atoms. The Labute approximate surface area is 165 Å². The van der Waals surface area contributed by atoms with Gasteiger partial charge in [0.1, 0.15) is 0 Å². The van der Waals surface area contributed by atoms with Crippen molar-refractivity contribution in [3.63, 3.8) is 0 Å². The van der Waals surface area contributed by atoms with E-state index in [0.717, 1.165) is 17.3 Å². The van der Waals surface area contributed by atoms with Gasteiger partial charge >= 0.3 is 0 Å². The molecule has 0 saturated carbocycles. The predicted octanol–water partition coefficient (Wildman–Crippen LogP) is 3.02. The van der Waals surface area contributed by atoms with Crippen molar-refractivity contribution in [1.82, 2.24) is 15.8 Å². The van der Waals surface area contributed by atoms with Crippen molar-refractivity contribution in [1.29, 1.82) is 0 Å². The van der Waals surface area contributed by atoms with Gasteiger partial charge in [0.15, 0.2) is 0 Å². The summed E-state index contributed by atoms with van der Waals surface area (Å²) in [6.45, 7) is 0.529. The van der Waals surface area contributed by atoms with Crippen LogP contribution in [0, 0.1) is 0 Å². The summed E-state index contributed by atoms with van der Waals surface area (Å²) in [5.41, 5.74) is 6.79. The monoisotopic (exact) mass is 396 g/mol. The number of fused-ring (bicyclic) bond motifs is 1. The number of carbonyl (C=O) groups is 3. The molecule has 1 aliphatic rings. The minimum absolute atomic E-state index is 0.0563. The molecular weight excluding hydrogens is 380 g/mol. The number of aromatic nitrogens is 1. The minimum atomic E-state index is -0.528. The highest BCUT2D eigenvalue weighted by atomic mass is 35.5. The van der Waals surface area contributed by atoms with Crippen LogP contribution in [0.5, 0.6) is 0 Å². The van der Waals surface area contributed by atoms with Crippen LogP contribution in [-0.2, 0) is 4.79 Å². The summed E-state index contributed by atoms with van der Waals surface area (Å²) in [4.78, 5) is 41.8. The number of nitrogens with one attached hydrogen (secondary N) is 3. The number of halogens is 1. The van der Waals surface area contributed by atoms with Crippen molar-refractivity contribution in [3.8, 4) is 0 Å². The molecule has 0 radical (unpaired) electrons. The zero-order chi connectivity index (χ0) is 19.7. The van der Waals surface area contributed by atoms with E-state index in [9.17, 15) is 14.4 Å². The SMILES string of the molecule is O=C(NNC(=O)c1c[nH]c2ccccc12)c1ccc(Cl)cc1N1CCCC1=O. The topological polar surface area (TPSA) is 94.3 Å². The Hall–Kier alpha value is -3.32. The van der Waals surface area contributed by atoms with Crippen LogP contribution < -0.4 is 15.8 Å². The lowest BCUT2D eigenvalue weighted by atomic mass is 10.1. The molecule has 0 aliphatic carbocycles. The third-order valence-corrected chi connectivity index (χ3v) is 4.93. The number of hydrazine groups is 1. The molecule has 3 aromatic rings. The predicted molar refractivity (Wildman–Crippen MR) is 106 cm³/mol. The number of hydrogen-bond acceptors (Lipinski definition) is 3. The number of rotatable bonds is 3. The van der Waals surface area contributed by atoms with Gasteiger partial charge in [-0.2, -0.15) is 0 Å². The molecule has 1 fully saturated rings. The molecule has 3 amide bonds. The molecule has 0 atom stereocenters. The number of amides is 3. The van der Waals surface area contributed by atoms with Crippen LogP contribution in [0.15, 0.2) is 48.7 Å². The standard InChI is InChI=1S/C20H17ClN4O3/c21-12-7-8-14(17(10-12)25-9-3-6-18(25)26)19(27)23-24-20(28)15-11-22-16-5-2-1-4-13(15)16/h1-2,4-5,7-8,10-11,22H,3,6,9H2,(H,23,27)(H,24,28). The molecule has 7 nitrogen and oxygen atoms in total. The van der Waals surface area contributed by atoms with Crippen LogP contribution in [0.25, 0.3) is 10.9 Å². The van der Waals surface area contributed by atoms with Crippen LogP contribution in [0.4, 0.5) is 5.69 Å². The van der Waals surface area contributed by atoms with E-state index in [-0.39, 0.29) is 11.5 Å². The molecule has 142 valence electrons. The highest BCUT2D eigenvalue weighted by Crippen LogP contribution is 2.28. The highest BCUT2D eigenvalue weighted by molar-refractivity contribution is 6.31. The fourth-order valence-corrected chi connectivity index (χ4v) is 3.50. The molecule has 0 unspecified atom stereocenters. The average Bonchev–Trinajstić information content (AvgIpc) is 3.32. The molecule has 2 aromatic carbocycles. The Balaban J connectivity index is 1.53. The van der Waals surface area contributed by atoms with Gasteiger partial charge in [-0.05, 0) is 30.7 Å². The van der Waals surface area contributed by atoms with E-state index in [1.807, 2.05) is 24.3 Å². The van der Waals surface area contributed by atoms with Crippen molar-refractivity contribution >= 4 is 45.9 Å². The second-order valence-corrected chi connectivity index (χ2v) is 6.90. The van der Waals surface area contributed by atoms with E-state index in [0.29, 0.717) is 29.2 Å². The fraction of sp³-hybridized carbons (Fsp3) is 0.150. The summed E-state index contributed by atoms with van der Waals surface area (Å²) < 4.78 is 0. The second-order valence-electron chi connectivity index (χ2n) is 6.47. The van der Waals surface area contributed by atoms with Crippen LogP contribution in [0.2, 0.25) is 5.02 Å². The quantitative estimate of drug-likeness (QED) is 0.594. The number of aromatic amines is 1. The summed E-state index contributed by atoms with van der Waals surface area (Å²) in [5, 5.41) is 1.18. The zero-order valence-electron chi connectivity index (χ0n) is 14.8. The van der Waals surface area contributed by atoms with Crippen LogP contribution in [0.3, 0.4) is 0 Å². The van der Waals surface area contributed by atoms with E-state index in [2.05, 4.69) is 15.8 Å². The number of carbonyl (C=O) groups excluding carboxylic acids is 3. The molecule has 1 aromatic heterocycles. The summed E-state index contributed by atoms with van der Waals surface area (Å²) in [6.07, 6.45) is 2.75. The van der Waals surface area contributed by atoms with Gasteiger partial charge in [-0.15, -0.1) is 0 Å². The van der Waals surface area contributed by atoms with Crippen molar-refractivity contribution in [3.05, 3.63) is 64.8 Å².